The van der Waals surface area contributed by atoms with E-state index in [1.807, 2.05) is 0 Å². The van der Waals surface area contributed by atoms with E-state index in [2.05, 4.69) is 5.32 Å². The van der Waals surface area contributed by atoms with Crippen LogP contribution in [-0.2, 0) is 9.53 Å². The highest BCUT2D eigenvalue weighted by atomic mass is 16.6. The third kappa shape index (κ3) is 2.03. The molecule has 5 rings (SSSR count). The summed E-state index contributed by atoms with van der Waals surface area (Å²) in [5.41, 5.74) is -1.87. The Balaban J connectivity index is 1.58. The topological polar surface area (TPSA) is 95.9 Å². The summed E-state index contributed by atoms with van der Waals surface area (Å²) in [5.74, 6) is 0.492. The van der Waals surface area contributed by atoms with Crippen LogP contribution in [0.5, 0.6) is 0 Å². The van der Waals surface area contributed by atoms with Gasteiger partial charge in [0.2, 0.25) is 0 Å². The Hall–Kier alpha value is -1.30. The summed E-state index contributed by atoms with van der Waals surface area (Å²) in [6, 6.07) is -0.968. The summed E-state index contributed by atoms with van der Waals surface area (Å²) in [5, 5.41) is 23.1. The molecule has 0 saturated heterocycles. The van der Waals surface area contributed by atoms with Gasteiger partial charge in [0, 0.05) is 5.41 Å². The van der Waals surface area contributed by atoms with Gasteiger partial charge in [-0.3, -0.25) is 0 Å². The Bertz CT molecular complexity index is 562. The van der Waals surface area contributed by atoms with Crippen molar-refractivity contribution in [3.8, 4) is 0 Å². The molecule has 5 aliphatic rings. The molecule has 6 nitrogen and oxygen atoms in total. The molecular formula is C17H25NO5. The van der Waals surface area contributed by atoms with Crippen LogP contribution in [0.25, 0.3) is 0 Å². The van der Waals surface area contributed by atoms with Gasteiger partial charge in [0.25, 0.3) is 0 Å². The van der Waals surface area contributed by atoms with Gasteiger partial charge in [-0.25, -0.2) is 9.59 Å². The lowest BCUT2D eigenvalue weighted by Gasteiger charge is -2.50. The number of rotatable bonds is 3. The van der Waals surface area contributed by atoms with E-state index < -0.39 is 34.7 Å². The number of hydrogen-bond donors (Lipinski definition) is 3. The van der Waals surface area contributed by atoms with Gasteiger partial charge in [-0.15, -0.1) is 0 Å². The van der Waals surface area contributed by atoms with Crippen molar-refractivity contribution in [3.63, 3.8) is 0 Å². The first-order valence-electron chi connectivity index (χ1n) is 8.50. The Morgan fingerprint density at radius 2 is 1.78 bits per heavy atom. The number of aliphatic carboxylic acids is 1. The number of nitrogens with one attached hydrogen (secondary N) is 1. The van der Waals surface area contributed by atoms with Crippen molar-refractivity contribution < 1.29 is 24.5 Å². The lowest BCUT2D eigenvalue weighted by molar-refractivity contribution is -0.150. The molecule has 23 heavy (non-hydrogen) atoms. The summed E-state index contributed by atoms with van der Waals surface area (Å²) >= 11 is 0. The predicted octanol–water partition coefficient (Wildman–Crippen LogP) is 1.76. The molecule has 3 N–H and O–H groups in total. The van der Waals surface area contributed by atoms with Crippen molar-refractivity contribution >= 4 is 12.1 Å². The fourth-order valence-electron chi connectivity index (χ4n) is 6.44. The second-order valence-corrected chi connectivity index (χ2v) is 9.15. The van der Waals surface area contributed by atoms with Crippen LogP contribution in [0.4, 0.5) is 4.79 Å². The zero-order chi connectivity index (χ0) is 16.8. The van der Waals surface area contributed by atoms with Crippen molar-refractivity contribution in [2.45, 2.75) is 63.7 Å². The van der Waals surface area contributed by atoms with E-state index in [9.17, 15) is 19.8 Å². The molecule has 0 aromatic heterocycles. The summed E-state index contributed by atoms with van der Waals surface area (Å²) in [6.07, 6.45) is 2.51. The van der Waals surface area contributed by atoms with E-state index in [1.165, 1.54) is 0 Å². The van der Waals surface area contributed by atoms with Gasteiger partial charge < -0.3 is 20.3 Å². The Morgan fingerprint density at radius 1 is 1.22 bits per heavy atom. The number of aliphatic hydroxyl groups is 1. The summed E-state index contributed by atoms with van der Waals surface area (Å²) in [7, 11) is 0. The maximum atomic E-state index is 12.1. The number of ether oxygens (including phenoxy) is 1. The van der Waals surface area contributed by atoms with Crippen molar-refractivity contribution in [1.82, 2.24) is 5.32 Å². The average molecular weight is 323 g/mol. The highest BCUT2D eigenvalue weighted by Crippen LogP contribution is 2.83. The van der Waals surface area contributed by atoms with E-state index in [4.69, 9.17) is 4.74 Å². The van der Waals surface area contributed by atoms with Crippen LogP contribution in [0, 0.1) is 29.1 Å². The molecule has 0 aromatic rings. The van der Waals surface area contributed by atoms with E-state index >= 15 is 0 Å². The number of carboxylic acids is 1. The van der Waals surface area contributed by atoms with Crippen LogP contribution in [-0.4, -0.2) is 39.5 Å². The molecule has 0 aliphatic heterocycles. The largest absolute Gasteiger partial charge is 0.480 e. The minimum atomic E-state index is -1.02. The molecule has 6 heteroatoms. The van der Waals surface area contributed by atoms with Gasteiger partial charge in [-0.05, 0) is 70.1 Å². The molecule has 5 fully saturated rings. The Kier molecular flexibility index (Phi) is 2.79. The van der Waals surface area contributed by atoms with Gasteiger partial charge >= 0.3 is 12.1 Å². The van der Waals surface area contributed by atoms with E-state index in [-0.39, 0.29) is 0 Å². The summed E-state index contributed by atoms with van der Waals surface area (Å²) < 4.78 is 5.24. The van der Waals surface area contributed by atoms with Crippen LogP contribution in [0.2, 0.25) is 0 Å². The first-order chi connectivity index (χ1) is 10.6. The zero-order valence-corrected chi connectivity index (χ0v) is 13.8. The summed E-state index contributed by atoms with van der Waals surface area (Å²) in [6.45, 7) is 5.25. The van der Waals surface area contributed by atoms with Crippen LogP contribution < -0.4 is 5.32 Å². The standard InChI is InChI=1S/C17H25NO5/c1-15(2,3)23-14(21)18-12(13(19)20)17-7-16(22)5-8-4-9(6-16)11(17)10(8)17/h8-12,22H,4-7H2,1-3H3,(H,18,21)(H,19,20)/t8?,9?,10-,11?,12+,16?,17?/m0/s1. The van der Waals surface area contributed by atoms with E-state index in [0.717, 1.165) is 19.3 Å². The van der Waals surface area contributed by atoms with Gasteiger partial charge in [-0.1, -0.05) is 0 Å². The number of carbonyl (C=O) groups is 2. The molecular weight excluding hydrogens is 298 g/mol. The lowest BCUT2D eigenvalue weighted by atomic mass is 9.58. The lowest BCUT2D eigenvalue weighted by Crippen LogP contribution is -2.58. The molecule has 1 amide bonds. The molecule has 5 saturated carbocycles. The molecule has 128 valence electrons. The smallest absolute Gasteiger partial charge is 0.408 e. The fraction of sp³-hybridized carbons (Fsp3) is 0.882. The Labute approximate surface area is 135 Å². The van der Waals surface area contributed by atoms with Crippen LogP contribution in [0.15, 0.2) is 0 Å². The normalized spacial score (nSPS) is 47.1. The van der Waals surface area contributed by atoms with Crippen molar-refractivity contribution in [2.24, 2.45) is 29.1 Å². The first kappa shape index (κ1) is 15.2. The molecule has 5 aliphatic carbocycles. The molecule has 4 bridgehead atoms. The second-order valence-electron chi connectivity index (χ2n) is 9.15. The molecule has 0 spiro atoms. The quantitative estimate of drug-likeness (QED) is 0.735. The number of carbonyl (C=O) groups excluding carboxylic acids is 1. The second kappa shape index (κ2) is 4.21. The highest BCUT2D eigenvalue weighted by molar-refractivity contribution is 5.82. The molecule has 7 atom stereocenters. The number of amides is 1. The third-order valence-corrected chi connectivity index (χ3v) is 6.51. The van der Waals surface area contributed by atoms with E-state index in [0.29, 0.717) is 30.1 Å². The van der Waals surface area contributed by atoms with Crippen molar-refractivity contribution in [1.29, 1.82) is 0 Å². The van der Waals surface area contributed by atoms with Gasteiger partial charge in [0.15, 0.2) is 0 Å². The van der Waals surface area contributed by atoms with Crippen molar-refractivity contribution in [3.05, 3.63) is 0 Å². The van der Waals surface area contributed by atoms with E-state index in [1.54, 1.807) is 20.8 Å². The van der Waals surface area contributed by atoms with Crippen LogP contribution in [0.1, 0.15) is 46.5 Å². The number of hydrogen-bond acceptors (Lipinski definition) is 4. The first-order valence-corrected chi connectivity index (χ1v) is 8.50. The van der Waals surface area contributed by atoms with Crippen LogP contribution >= 0.6 is 0 Å². The number of alkyl carbamates (subject to hydrolysis) is 1. The Morgan fingerprint density at radius 3 is 2.26 bits per heavy atom. The molecule has 0 aromatic carbocycles. The third-order valence-electron chi connectivity index (χ3n) is 6.51. The van der Waals surface area contributed by atoms with Crippen molar-refractivity contribution in [2.75, 3.05) is 0 Å². The van der Waals surface area contributed by atoms with Crippen LogP contribution in [0.3, 0.4) is 0 Å². The molecule has 0 radical (unpaired) electrons. The summed E-state index contributed by atoms with van der Waals surface area (Å²) in [4.78, 5) is 24.0. The maximum Gasteiger partial charge on any atom is 0.408 e. The highest BCUT2D eigenvalue weighted by Gasteiger charge is 2.83. The minimum Gasteiger partial charge on any atom is -0.480 e. The monoisotopic (exact) mass is 323 g/mol. The average Bonchev–Trinajstić information content (AvgIpc) is 2.93. The van der Waals surface area contributed by atoms with Gasteiger partial charge in [0.05, 0.1) is 5.60 Å². The fourth-order valence-corrected chi connectivity index (χ4v) is 6.44. The van der Waals surface area contributed by atoms with Gasteiger partial charge in [0.1, 0.15) is 11.6 Å². The minimum absolute atomic E-state index is 0.339. The molecule has 0 heterocycles. The SMILES string of the molecule is CC(C)(C)OC(=O)N[C@H](C(=O)O)C12CC3(O)CC4CC(C3)[C@H]1C42. The number of carboxylic acid groups (broad SMARTS) is 1. The molecule has 5 unspecified atom stereocenters. The predicted molar refractivity (Wildman–Crippen MR) is 80.6 cm³/mol. The van der Waals surface area contributed by atoms with Gasteiger partial charge in [-0.2, -0.15) is 0 Å². The maximum absolute atomic E-state index is 12.1. The zero-order valence-electron chi connectivity index (χ0n) is 13.8.